The molecule has 2 N–H and O–H groups in total. The van der Waals surface area contributed by atoms with Crippen molar-refractivity contribution in [2.75, 3.05) is 5.32 Å². The molecule has 0 fully saturated rings. The van der Waals surface area contributed by atoms with Crippen molar-refractivity contribution in [3.63, 3.8) is 0 Å². The van der Waals surface area contributed by atoms with Crippen LogP contribution >= 0.6 is 15.9 Å². The summed E-state index contributed by atoms with van der Waals surface area (Å²) in [6.45, 7) is 7.01. The maximum atomic E-state index is 11.5. The molecular formula is C11H15BrN2O3. The minimum Gasteiger partial charge on any atom is -0.444 e. The van der Waals surface area contributed by atoms with E-state index in [0.717, 1.165) is 0 Å². The van der Waals surface area contributed by atoms with Crippen LogP contribution in [0.4, 0.5) is 10.5 Å². The summed E-state index contributed by atoms with van der Waals surface area (Å²) < 4.78 is 5.76. The lowest BCUT2D eigenvalue weighted by atomic mass is 10.2. The second-order valence-corrected chi connectivity index (χ2v) is 5.47. The number of aryl methyl sites for hydroxylation is 1. The third-order valence-electron chi connectivity index (χ3n) is 1.81. The maximum Gasteiger partial charge on any atom is 0.412 e. The molecule has 0 radical (unpaired) electrons. The zero-order chi connectivity index (χ0) is 13.2. The third kappa shape index (κ3) is 4.22. The SMILES string of the molecule is Cc1[nH]c(=O)c(NC(=O)OC(C)(C)C)cc1Br. The second kappa shape index (κ2) is 4.91. The van der Waals surface area contributed by atoms with Crippen LogP contribution in [-0.2, 0) is 4.74 Å². The van der Waals surface area contributed by atoms with Crippen molar-refractivity contribution in [2.24, 2.45) is 0 Å². The standard InChI is InChI=1S/C11H15BrN2O3/c1-6-7(12)5-8(9(15)13-6)14-10(16)17-11(2,3)4/h5H,1-4H3,(H,13,15)(H,14,16). The summed E-state index contributed by atoms with van der Waals surface area (Å²) in [4.78, 5) is 25.6. The van der Waals surface area contributed by atoms with E-state index in [1.807, 2.05) is 0 Å². The topological polar surface area (TPSA) is 71.2 Å². The zero-order valence-electron chi connectivity index (χ0n) is 10.2. The van der Waals surface area contributed by atoms with Crippen LogP contribution in [0.2, 0.25) is 0 Å². The number of ether oxygens (including phenoxy) is 1. The van der Waals surface area contributed by atoms with Crippen LogP contribution in [0.15, 0.2) is 15.3 Å². The van der Waals surface area contributed by atoms with Crippen LogP contribution in [0.1, 0.15) is 26.5 Å². The number of anilines is 1. The Bertz CT molecular complexity index is 488. The largest absolute Gasteiger partial charge is 0.444 e. The maximum absolute atomic E-state index is 11.5. The molecule has 17 heavy (non-hydrogen) atoms. The van der Waals surface area contributed by atoms with Gasteiger partial charge in [-0.25, -0.2) is 4.79 Å². The van der Waals surface area contributed by atoms with Gasteiger partial charge >= 0.3 is 6.09 Å². The summed E-state index contributed by atoms with van der Waals surface area (Å²) >= 11 is 3.27. The van der Waals surface area contributed by atoms with Crippen molar-refractivity contribution < 1.29 is 9.53 Å². The van der Waals surface area contributed by atoms with Crippen LogP contribution in [0, 0.1) is 6.92 Å². The Labute approximate surface area is 108 Å². The average Bonchev–Trinajstić information content (AvgIpc) is 2.11. The van der Waals surface area contributed by atoms with E-state index in [9.17, 15) is 9.59 Å². The molecule has 0 saturated carbocycles. The van der Waals surface area contributed by atoms with Gasteiger partial charge < -0.3 is 9.72 Å². The predicted octanol–water partition coefficient (Wildman–Crippen LogP) is 2.79. The molecule has 0 spiro atoms. The molecule has 1 aromatic rings. The lowest BCUT2D eigenvalue weighted by molar-refractivity contribution is 0.0635. The zero-order valence-corrected chi connectivity index (χ0v) is 11.8. The molecule has 1 heterocycles. The number of pyridine rings is 1. The van der Waals surface area contributed by atoms with Crippen LogP contribution in [-0.4, -0.2) is 16.7 Å². The summed E-state index contributed by atoms with van der Waals surface area (Å²) in [6.07, 6.45) is -0.654. The first-order valence-corrected chi connectivity index (χ1v) is 5.88. The smallest absolute Gasteiger partial charge is 0.412 e. The van der Waals surface area contributed by atoms with Gasteiger partial charge in [0.25, 0.3) is 5.56 Å². The number of aromatic nitrogens is 1. The molecule has 0 unspecified atom stereocenters. The van der Waals surface area contributed by atoms with Crippen LogP contribution in [0.25, 0.3) is 0 Å². The minimum absolute atomic E-state index is 0.150. The Balaban J connectivity index is 2.86. The number of carbonyl (C=O) groups is 1. The molecule has 0 aliphatic heterocycles. The molecule has 1 aromatic heterocycles. The number of rotatable bonds is 1. The number of halogens is 1. The van der Waals surface area contributed by atoms with Crippen molar-refractivity contribution in [2.45, 2.75) is 33.3 Å². The average molecular weight is 303 g/mol. The summed E-state index contributed by atoms with van der Waals surface area (Å²) in [7, 11) is 0. The van der Waals surface area contributed by atoms with Gasteiger partial charge in [0.1, 0.15) is 11.3 Å². The lowest BCUT2D eigenvalue weighted by Crippen LogP contribution is -2.29. The minimum atomic E-state index is -0.654. The number of carbonyl (C=O) groups excluding carboxylic acids is 1. The first-order valence-electron chi connectivity index (χ1n) is 5.08. The molecule has 94 valence electrons. The quantitative estimate of drug-likeness (QED) is 0.838. The van der Waals surface area contributed by atoms with Gasteiger partial charge in [-0.3, -0.25) is 10.1 Å². The Morgan fingerprint density at radius 1 is 1.47 bits per heavy atom. The van der Waals surface area contributed by atoms with Crippen LogP contribution < -0.4 is 10.9 Å². The monoisotopic (exact) mass is 302 g/mol. The number of hydrogen-bond acceptors (Lipinski definition) is 3. The van der Waals surface area contributed by atoms with Crippen molar-refractivity contribution in [1.82, 2.24) is 4.98 Å². The highest BCUT2D eigenvalue weighted by Crippen LogP contribution is 2.16. The fourth-order valence-electron chi connectivity index (χ4n) is 1.10. The number of amides is 1. The highest BCUT2D eigenvalue weighted by atomic mass is 79.9. The molecular weight excluding hydrogens is 288 g/mol. The highest BCUT2D eigenvalue weighted by Gasteiger charge is 2.17. The molecule has 0 aliphatic carbocycles. The first kappa shape index (κ1) is 13.8. The molecule has 1 rings (SSSR count). The molecule has 6 heteroatoms. The Kier molecular flexibility index (Phi) is 3.98. The summed E-state index contributed by atoms with van der Waals surface area (Å²) in [6, 6.07) is 1.54. The summed E-state index contributed by atoms with van der Waals surface area (Å²) in [5, 5.41) is 2.40. The molecule has 1 amide bonds. The van der Waals surface area contributed by atoms with Crippen LogP contribution in [0.3, 0.4) is 0 Å². The fraction of sp³-hybridized carbons (Fsp3) is 0.455. The van der Waals surface area contributed by atoms with Gasteiger partial charge in [-0.05, 0) is 49.7 Å². The molecule has 0 atom stereocenters. The molecule has 0 bridgehead atoms. The van der Waals surface area contributed by atoms with E-state index < -0.39 is 11.7 Å². The number of H-pyrrole nitrogens is 1. The van der Waals surface area contributed by atoms with E-state index in [1.54, 1.807) is 27.7 Å². The van der Waals surface area contributed by atoms with E-state index in [1.165, 1.54) is 6.07 Å². The Morgan fingerprint density at radius 3 is 2.59 bits per heavy atom. The second-order valence-electron chi connectivity index (χ2n) is 4.61. The van der Waals surface area contributed by atoms with Gasteiger partial charge in [-0.2, -0.15) is 0 Å². The van der Waals surface area contributed by atoms with E-state index in [2.05, 4.69) is 26.2 Å². The summed E-state index contributed by atoms with van der Waals surface area (Å²) in [5.74, 6) is 0. The molecule has 5 nitrogen and oxygen atoms in total. The highest BCUT2D eigenvalue weighted by molar-refractivity contribution is 9.10. The van der Waals surface area contributed by atoms with Gasteiger partial charge in [-0.1, -0.05) is 0 Å². The van der Waals surface area contributed by atoms with Crippen molar-refractivity contribution in [3.05, 3.63) is 26.6 Å². The van der Waals surface area contributed by atoms with Crippen molar-refractivity contribution >= 4 is 27.7 Å². The van der Waals surface area contributed by atoms with E-state index in [0.29, 0.717) is 10.2 Å². The molecule has 0 saturated heterocycles. The van der Waals surface area contributed by atoms with E-state index in [4.69, 9.17) is 4.74 Å². The third-order valence-corrected chi connectivity index (χ3v) is 2.63. The van der Waals surface area contributed by atoms with Gasteiger partial charge in [0.15, 0.2) is 0 Å². The number of aromatic amines is 1. The van der Waals surface area contributed by atoms with Gasteiger partial charge in [0, 0.05) is 10.2 Å². The van der Waals surface area contributed by atoms with Crippen molar-refractivity contribution in [1.29, 1.82) is 0 Å². The van der Waals surface area contributed by atoms with E-state index >= 15 is 0 Å². The normalized spacial score (nSPS) is 11.1. The number of nitrogens with one attached hydrogen (secondary N) is 2. The first-order chi connectivity index (χ1) is 7.69. The Hall–Kier alpha value is -1.30. The predicted molar refractivity (Wildman–Crippen MR) is 69.4 cm³/mol. The molecule has 0 aromatic carbocycles. The molecule has 0 aliphatic rings. The Morgan fingerprint density at radius 2 is 2.06 bits per heavy atom. The van der Waals surface area contributed by atoms with Gasteiger partial charge in [0.05, 0.1) is 0 Å². The van der Waals surface area contributed by atoms with Gasteiger partial charge in [-0.15, -0.1) is 0 Å². The summed E-state index contributed by atoms with van der Waals surface area (Å²) in [5.41, 5.74) is -0.114. The van der Waals surface area contributed by atoms with Gasteiger partial charge in [0.2, 0.25) is 0 Å². The van der Waals surface area contributed by atoms with E-state index in [-0.39, 0.29) is 11.2 Å². The number of hydrogen-bond donors (Lipinski definition) is 2. The van der Waals surface area contributed by atoms with Crippen LogP contribution in [0.5, 0.6) is 0 Å². The lowest BCUT2D eigenvalue weighted by Gasteiger charge is -2.19. The fourth-order valence-corrected chi connectivity index (χ4v) is 1.43. The van der Waals surface area contributed by atoms with Crippen molar-refractivity contribution in [3.8, 4) is 0 Å².